The van der Waals surface area contributed by atoms with Crippen LogP contribution in [0.1, 0.15) is 69.6 Å². The van der Waals surface area contributed by atoms with E-state index in [9.17, 15) is 0 Å². The predicted molar refractivity (Wildman–Crippen MR) is 158 cm³/mol. The first-order chi connectivity index (χ1) is 17.3. The number of hydrogen-bond donors (Lipinski definition) is 1. The number of H-pyrrole nitrogens is 1. The number of hydrogen-bond acceptors (Lipinski definition) is 4. The summed E-state index contributed by atoms with van der Waals surface area (Å²) < 4.78 is 5.39. The molecule has 0 atom stereocenters. The zero-order valence-electron chi connectivity index (χ0n) is 23.9. The summed E-state index contributed by atoms with van der Waals surface area (Å²) in [6.07, 6.45) is 1.94. The average Bonchev–Trinajstić information content (AvgIpc) is 3.20. The summed E-state index contributed by atoms with van der Waals surface area (Å²) in [4.78, 5) is 13.6. The van der Waals surface area contributed by atoms with Crippen LogP contribution in [0.3, 0.4) is 0 Å². The number of nitrogens with one attached hydrogen (secondary N) is 1. The molecule has 0 unspecified atom stereocenters. The number of ether oxygens (including phenoxy) is 1. The Morgan fingerprint density at radius 2 is 1.51 bits per heavy atom. The standard InChI is InChI=1S/C32H41N3OS/c1-20-10-12-22(13-11-20)29-24(17-31(3,4)5)28(18-32(6,7)8)33-21(2)25(29)19-37-30-34-26-15-14-23(36-9)16-27(26)35-30/h10-16H,17-19H2,1-9H3,(H,34,35). The van der Waals surface area contributed by atoms with Gasteiger partial charge in [0.25, 0.3) is 0 Å². The zero-order chi connectivity index (χ0) is 27.0. The molecule has 0 bridgehead atoms. The average molecular weight is 516 g/mol. The first-order valence-corrected chi connectivity index (χ1v) is 14.1. The summed E-state index contributed by atoms with van der Waals surface area (Å²) in [5.74, 6) is 1.63. The second-order valence-corrected chi connectivity index (χ2v) is 13.5. The fourth-order valence-corrected chi connectivity index (χ4v) is 5.74. The van der Waals surface area contributed by atoms with Crippen molar-refractivity contribution in [3.8, 4) is 16.9 Å². The van der Waals surface area contributed by atoms with Crippen molar-refractivity contribution in [2.75, 3.05) is 7.11 Å². The monoisotopic (exact) mass is 515 g/mol. The topological polar surface area (TPSA) is 50.8 Å². The van der Waals surface area contributed by atoms with E-state index in [0.29, 0.717) is 0 Å². The van der Waals surface area contributed by atoms with Gasteiger partial charge >= 0.3 is 0 Å². The van der Waals surface area contributed by atoms with Gasteiger partial charge in [-0.15, -0.1) is 0 Å². The van der Waals surface area contributed by atoms with E-state index in [1.165, 1.54) is 33.5 Å². The molecule has 2 aromatic heterocycles. The number of pyridine rings is 1. The van der Waals surface area contributed by atoms with E-state index in [-0.39, 0.29) is 10.8 Å². The van der Waals surface area contributed by atoms with Crippen molar-refractivity contribution in [2.45, 2.75) is 79.1 Å². The lowest BCUT2D eigenvalue weighted by atomic mass is 9.79. The van der Waals surface area contributed by atoms with Crippen molar-refractivity contribution in [3.05, 3.63) is 70.5 Å². The number of rotatable bonds is 7. The van der Waals surface area contributed by atoms with E-state index in [2.05, 4.69) is 84.6 Å². The number of aromatic amines is 1. The van der Waals surface area contributed by atoms with Crippen LogP contribution in [0, 0.1) is 24.7 Å². The van der Waals surface area contributed by atoms with Gasteiger partial charge in [0.1, 0.15) is 5.75 Å². The molecule has 0 fully saturated rings. The lowest BCUT2D eigenvalue weighted by Gasteiger charge is -2.28. The third kappa shape index (κ3) is 6.75. The largest absolute Gasteiger partial charge is 0.497 e. The molecular formula is C32H41N3OS. The van der Waals surface area contributed by atoms with Crippen LogP contribution in [0.15, 0.2) is 47.6 Å². The van der Waals surface area contributed by atoms with Crippen LogP contribution in [0.2, 0.25) is 0 Å². The number of aromatic nitrogens is 3. The molecule has 0 saturated carbocycles. The highest BCUT2D eigenvalue weighted by Gasteiger charge is 2.26. The molecule has 0 spiro atoms. The van der Waals surface area contributed by atoms with E-state index < -0.39 is 0 Å². The Balaban J connectivity index is 1.83. The molecule has 2 aromatic carbocycles. The highest BCUT2D eigenvalue weighted by atomic mass is 32.2. The highest BCUT2D eigenvalue weighted by Crippen LogP contribution is 2.39. The summed E-state index contributed by atoms with van der Waals surface area (Å²) in [6, 6.07) is 14.9. The third-order valence-electron chi connectivity index (χ3n) is 6.46. The second kappa shape index (κ2) is 10.5. The van der Waals surface area contributed by atoms with E-state index in [1.54, 1.807) is 18.9 Å². The molecule has 0 radical (unpaired) electrons. The SMILES string of the molecule is COc1ccc2nc(SCc3c(C)nc(CC(C)(C)C)c(CC(C)(C)C)c3-c3ccc(C)cc3)[nH]c2c1. The molecule has 1 N–H and O–H groups in total. The van der Waals surface area contributed by atoms with Crippen molar-refractivity contribution in [3.63, 3.8) is 0 Å². The minimum absolute atomic E-state index is 0.144. The van der Waals surface area contributed by atoms with E-state index in [4.69, 9.17) is 14.7 Å². The molecule has 0 saturated heterocycles. The third-order valence-corrected chi connectivity index (χ3v) is 7.36. The first-order valence-electron chi connectivity index (χ1n) is 13.1. The van der Waals surface area contributed by atoms with Crippen LogP contribution in [-0.2, 0) is 18.6 Å². The van der Waals surface area contributed by atoms with Gasteiger partial charge in [0.15, 0.2) is 5.16 Å². The minimum atomic E-state index is 0.144. The summed E-state index contributed by atoms with van der Waals surface area (Å²) in [5.41, 5.74) is 11.2. The summed E-state index contributed by atoms with van der Waals surface area (Å²) in [7, 11) is 1.69. The summed E-state index contributed by atoms with van der Waals surface area (Å²) in [6.45, 7) is 18.2. The molecule has 196 valence electrons. The number of thioether (sulfide) groups is 1. The number of nitrogens with zero attached hydrogens (tertiary/aromatic N) is 2. The van der Waals surface area contributed by atoms with Gasteiger partial charge < -0.3 is 9.72 Å². The van der Waals surface area contributed by atoms with Gasteiger partial charge in [0.05, 0.1) is 18.1 Å². The molecule has 5 heteroatoms. The Bertz CT molecular complexity index is 1390. The highest BCUT2D eigenvalue weighted by molar-refractivity contribution is 7.98. The lowest BCUT2D eigenvalue weighted by molar-refractivity contribution is 0.388. The number of benzene rings is 2. The fourth-order valence-electron chi connectivity index (χ4n) is 4.76. The molecule has 0 aliphatic rings. The van der Waals surface area contributed by atoms with Crippen LogP contribution < -0.4 is 4.74 Å². The Morgan fingerprint density at radius 3 is 2.14 bits per heavy atom. The van der Waals surface area contributed by atoms with Crippen molar-refractivity contribution in [1.82, 2.24) is 15.0 Å². The van der Waals surface area contributed by atoms with Gasteiger partial charge in [-0.25, -0.2) is 4.98 Å². The molecule has 2 heterocycles. The quantitative estimate of drug-likeness (QED) is 0.250. The first kappa shape index (κ1) is 27.3. The summed E-state index contributed by atoms with van der Waals surface area (Å²) in [5, 5.41) is 0.911. The molecule has 4 nitrogen and oxygen atoms in total. The van der Waals surface area contributed by atoms with E-state index in [1.807, 2.05) is 18.2 Å². The smallest absolute Gasteiger partial charge is 0.166 e. The van der Waals surface area contributed by atoms with Gasteiger partial charge in [-0.05, 0) is 71.9 Å². The number of fused-ring (bicyclic) bond motifs is 1. The van der Waals surface area contributed by atoms with Gasteiger partial charge in [0.2, 0.25) is 0 Å². The number of imidazole rings is 1. The van der Waals surface area contributed by atoms with Crippen LogP contribution in [0.5, 0.6) is 5.75 Å². The Kier molecular flexibility index (Phi) is 7.75. The van der Waals surface area contributed by atoms with Crippen molar-refractivity contribution >= 4 is 22.8 Å². The van der Waals surface area contributed by atoms with Gasteiger partial charge in [-0.2, -0.15) is 0 Å². The zero-order valence-corrected chi connectivity index (χ0v) is 24.7. The van der Waals surface area contributed by atoms with Gasteiger partial charge in [0, 0.05) is 23.2 Å². The molecule has 4 rings (SSSR count). The minimum Gasteiger partial charge on any atom is -0.497 e. The molecular weight excluding hydrogens is 474 g/mol. The Hall–Kier alpha value is -2.79. The lowest BCUT2D eigenvalue weighted by Crippen LogP contribution is -2.19. The number of aryl methyl sites for hydroxylation is 2. The van der Waals surface area contributed by atoms with Crippen LogP contribution in [0.4, 0.5) is 0 Å². The van der Waals surface area contributed by atoms with Crippen molar-refractivity contribution in [1.29, 1.82) is 0 Å². The second-order valence-electron chi connectivity index (χ2n) is 12.5. The van der Waals surface area contributed by atoms with E-state index >= 15 is 0 Å². The molecule has 0 amide bonds. The molecule has 37 heavy (non-hydrogen) atoms. The Morgan fingerprint density at radius 1 is 0.838 bits per heavy atom. The molecule has 0 aliphatic carbocycles. The van der Waals surface area contributed by atoms with Gasteiger partial charge in [-0.1, -0.05) is 83.1 Å². The van der Waals surface area contributed by atoms with Crippen LogP contribution in [-0.4, -0.2) is 22.1 Å². The maximum Gasteiger partial charge on any atom is 0.166 e. The van der Waals surface area contributed by atoms with Crippen molar-refractivity contribution in [2.24, 2.45) is 10.8 Å². The maximum atomic E-state index is 5.39. The van der Waals surface area contributed by atoms with Crippen LogP contribution >= 0.6 is 11.8 Å². The molecule has 0 aliphatic heterocycles. The normalized spacial score (nSPS) is 12.4. The summed E-state index contributed by atoms with van der Waals surface area (Å²) >= 11 is 1.74. The van der Waals surface area contributed by atoms with E-state index in [0.717, 1.165) is 46.2 Å². The predicted octanol–water partition coefficient (Wildman–Crippen LogP) is 8.72. The fraction of sp³-hybridized carbons (Fsp3) is 0.438. The van der Waals surface area contributed by atoms with Gasteiger partial charge in [-0.3, -0.25) is 4.98 Å². The Labute approximate surface area is 226 Å². The van der Waals surface area contributed by atoms with Crippen LogP contribution in [0.25, 0.3) is 22.2 Å². The maximum absolute atomic E-state index is 5.39. The molecule has 4 aromatic rings. The van der Waals surface area contributed by atoms with Crippen molar-refractivity contribution < 1.29 is 4.74 Å². The number of methoxy groups -OCH3 is 1.